The van der Waals surface area contributed by atoms with Crippen LogP contribution in [-0.2, 0) is 4.79 Å². The molecule has 176 valence electrons. The molecule has 0 fully saturated rings. The number of carbonyl (C=O) groups excluding carboxylic acids is 1. The van der Waals surface area contributed by atoms with Gasteiger partial charge in [0.25, 0.3) is 5.56 Å². The Morgan fingerprint density at radius 2 is 1.66 bits per heavy atom. The second kappa shape index (κ2) is 9.00. The third-order valence-corrected chi connectivity index (χ3v) is 7.24. The van der Waals surface area contributed by atoms with Crippen molar-refractivity contribution >= 4 is 34.0 Å². The number of nitrogens with zero attached hydrogens (tertiary/aromatic N) is 2. The van der Waals surface area contributed by atoms with E-state index in [-0.39, 0.29) is 11.3 Å². The minimum atomic E-state index is -0.616. The highest BCUT2D eigenvalue weighted by atomic mass is 32.1. The fourth-order valence-corrected chi connectivity index (χ4v) is 5.73. The summed E-state index contributed by atoms with van der Waals surface area (Å²) in [6, 6.07) is 18.6. The fraction of sp³-hybridized carbons (Fsp3) is 0.179. The van der Waals surface area contributed by atoms with E-state index < -0.39 is 6.04 Å². The molecule has 0 radical (unpaired) electrons. The van der Waals surface area contributed by atoms with Gasteiger partial charge in [-0.05, 0) is 43.0 Å². The van der Waals surface area contributed by atoms with Crippen LogP contribution in [0.25, 0.3) is 16.8 Å². The number of Topliss-reactive ketones (excluding diaryl/α,β-unsaturated/α-hetero) is 1. The average molecular weight is 485 g/mol. The van der Waals surface area contributed by atoms with Crippen LogP contribution in [-0.4, -0.2) is 24.6 Å². The summed E-state index contributed by atoms with van der Waals surface area (Å²) in [4.78, 5) is 31.8. The molecule has 4 aromatic rings. The molecule has 0 aliphatic carbocycles. The van der Waals surface area contributed by atoms with Gasteiger partial charge in [0.05, 0.1) is 24.8 Å². The third-order valence-electron chi connectivity index (χ3n) is 6.26. The van der Waals surface area contributed by atoms with Crippen molar-refractivity contribution in [1.82, 2.24) is 4.57 Å². The van der Waals surface area contributed by atoms with Gasteiger partial charge in [0.1, 0.15) is 11.5 Å². The van der Waals surface area contributed by atoms with Crippen molar-refractivity contribution in [3.63, 3.8) is 0 Å². The quantitative estimate of drug-likeness (QED) is 0.430. The van der Waals surface area contributed by atoms with Crippen LogP contribution in [0.3, 0.4) is 0 Å². The lowest BCUT2D eigenvalue weighted by molar-refractivity contribution is -0.114. The second-order valence-corrected chi connectivity index (χ2v) is 9.29. The number of rotatable bonds is 5. The number of carbonyl (C=O) groups is 1. The molecule has 1 atom stereocenters. The number of methoxy groups -OCH3 is 2. The molecule has 0 saturated heterocycles. The van der Waals surface area contributed by atoms with E-state index in [1.165, 1.54) is 18.3 Å². The molecule has 0 amide bonds. The maximum atomic E-state index is 13.8. The van der Waals surface area contributed by atoms with Crippen LogP contribution in [0.15, 0.2) is 81.7 Å². The van der Waals surface area contributed by atoms with Crippen molar-refractivity contribution in [3.05, 3.63) is 103 Å². The van der Waals surface area contributed by atoms with Crippen LogP contribution >= 0.6 is 11.3 Å². The molecule has 0 spiro atoms. The number of hydrogen-bond acceptors (Lipinski definition) is 6. The molecule has 1 aliphatic rings. The summed E-state index contributed by atoms with van der Waals surface area (Å²) in [7, 11) is 3.23. The fourth-order valence-electron chi connectivity index (χ4n) is 4.70. The number of hydrogen-bond donors (Lipinski definition) is 0. The number of aromatic nitrogens is 1. The largest absolute Gasteiger partial charge is 0.496 e. The summed E-state index contributed by atoms with van der Waals surface area (Å²) in [6.45, 7) is 3.32. The van der Waals surface area contributed by atoms with Crippen LogP contribution in [0.5, 0.6) is 11.5 Å². The first-order valence-corrected chi connectivity index (χ1v) is 12.0. The molecule has 1 aromatic heterocycles. The zero-order valence-corrected chi connectivity index (χ0v) is 20.7. The Morgan fingerprint density at radius 3 is 2.37 bits per heavy atom. The van der Waals surface area contributed by atoms with E-state index in [1.807, 2.05) is 73.7 Å². The first-order valence-electron chi connectivity index (χ1n) is 11.2. The van der Waals surface area contributed by atoms with Gasteiger partial charge >= 0.3 is 0 Å². The third kappa shape index (κ3) is 3.78. The normalized spacial score (nSPS) is 15.7. The van der Waals surface area contributed by atoms with Crippen LogP contribution in [0.2, 0.25) is 0 Å². The molecule has 5 rings (SSSR count). The van der Waals surface area contributed by atoms with Gasteiger partial charge in [0.2, 0.25) is 0 Å². The molecular weight excluding hydrogens is 460 g/mol. The summed E-state index contributed by atoms with van der Waals surface area (Å²) < 4.78 is 13.3. The van der Waals surface area contributed by atoms with E-state index in [9.17, 15) is 9.59 Å². The Morgan fingerprint density at radius 1 is 0.971 bits per heavy atom. The standard InChI is InChI=1S/C28H24N2O4S/c1-16-25(17(2)31)26(21-11-7-8-12-22(21)33-3)30-27(32)24(35-28(30)29-16)15-18-13-14-23(34-4)20-10-6-5-9-19(18)20/h5-15,26H,1-4H3/b24-15+/t26-/m1/s1. The van der Waals surface area contributed by atoms with Gasteiger partial charge in [-0.25, -0.2) is 4.99 Å². The number of benzene rings is 3. The van der Waals surface area contributed by atoms with Gasteiger partial charge < -0.3 is 9.47 Å². The van der Waals surface area contributed by atoms with Crippen molar-refractivity contribution < 1.29 is 14.3 Å². The van der Waals surface area contributed by atoms with Crippen LogP contribution in [0.4, 0.5) is 0 Å². The second-order valence-electron chi connectivity index (χ2n) is 8.28. The molecule has 0 saturated carbocycles. The monoisotopic (exact) mass is 484 g/mol. The SMILES string of the molecule is COc1ccccc1[C@@H]1C(C(C)=O)=C(C)N=c2s/c(=C/c3ccc(OC)c4ccccc34)c(=O)n21. The van der Waals surface area contributed by atoms with Gasteiger partial charge in [0, 0.05) is 22.2 Å². The van der Waals surface area contributed by atoms with E-state index >= 15 is 0 Å². The molecule has 0 unspecified atom stereocenters. The Bertz CT molecular complexity index is 1690. The van der Waals surface area contributed by atoms with Crippen molar-refractivity contribution in [1.29, 1.82) is 0 Å². The molecule has 7 heteroatoms. The zero-order valence-electron chi connectivity index (χ0n) is 19.9. The van der Waals surface area contributed by atoms with Gasteiger partial charge in [-0.1, -0.05) is 59.9 Å². The van der Waals surface area contributed by atoms with E-state index in [2.05, 4.69) is 4.99 Å². The summed E-state index contributed by atoms with van der Waals surface area (Å²) in [5.41, 5.74) is 2.55. The highest BCUT2D eigenvalue weighted by Crippen LogP contribution is 2.35. The maximum Gasteiger partial charge on any atom is 0.271 e. The maximum absolute atomic E-state index is 13.8. The molecule has 0 N–H and O–H groups in total. The number of ketones is 1. The van der Waals surface area contributed by atoms with E-state index in [0.29, 0.717) is 26.4 Å². The summed E-state index contributed by atoms with van der Waals surface area (Å²) in [5, 5.41) is 1.96. The van der Waals surface area contributed by atoms with Crippen molar-refractivity contribution in [3.8, 4) is 11.5 Å². The number of ether oxygens (including phenoxy) is 2. The highest BCUT2D eigenvalue weighted by Gasteiger charge is 2.32. The van der Waals surface area contributed by atoms with E-state index in [0.717, 1.165) is 27.6 Å². The first-order chi connectivity index (χ1) is 16.9. The van der Waals surface area contributed by atoms with Crippen LogP contribution < -0.4 is 24.4 Å². The smallest absolute Gasteiger partial charge is 0.271 e. The van der Waals surface area contributed by atoms with Crippen molar-refractivity contribution in [2.45, 2.75) is 19.9 Å². The number of allylic oxidation sites excluding steroid dienone is 2. The predicted octanol–water partition coefficient (Wildman–Crippen LogP) is 3.99. The number of fused-ring (bicyclic) bond motifs is 2. The Balaban J connectivity index is 1.79. The van der Waals surface area contributed by atoms with Gasteiger partial charge in [-0.3, -0.25) is 14.2 Å². The topological polar surface area (TPSA) is 69.9 Å². The lowest BCUT2D eigenvalue weighted by Gasteiger charge is -2.25. The van der Waals surface area contributed by atoms with Crippen molar-refractivity contribution in [2.24, 2.45) is 4.99 Å². The molecule has 0 bridgehead atoms. The van der Waals surface area contributed by atoms with Crippen molar-refractivity contribution in [2.75, 3.05) is 14.2 Å². The van der Waals surface area contributed by atoms with Crippen LogP contribution in [0, 0.1) is 0 Å². The predicted molar refractivity (Wildman–Crippen MR) is 138 cm³/mol. The van der Waals surface area contributed by atoms with Crippen LogP contribution in [0.1, 0.15) is 31.0 Å². The Labute approximate surface area is 206 Å². The summed E-state index contributed by atoms with van der Waals surface area (Å²) in [5.74, 6) is 1.26. The lowest BCUT2D eigenvalue weighted by Crippen LogP contribution is -2.39. The minimum Gasteiger partial charge on any atom is -0.496 e. The average Bonchev–Trinajstić information content (AvgIpc) is 3.17. The number of thiazole rings is 1. The molecular formula is C28H24N2O4S. The summed E-state index contributed by atoms with van der Waals surface area (Å²) >= 11 is 1.32. The zero-order chi connectivity index (χ0) is 24.7. The van der Waals surface area contributed by atoms with Gasteiger partial charge in [0.15, 0.2) is 10.6 Å². The Hall–Kier alpha value is -3.97. The minimum absolute atomic E-state index is 0.127. The number of para-hydroxylation sites is 1. The van der Waals surface area contributed by atoms with Gasteiger partial charge in [-0.15, -0.1) is 0 Å². The van der Waals surface area contributed by atoms with E-state index in [4.69, 9.17) is 9.47 Å². The lowest BCUT2D eigenvalue weighted by atomic mass is 9.93. The van der Waals surface area contributed by atoms with Gasteiger partial charge in [-0.2, -0.15) is 0 Å². The molecule has 6 nitrogen and oxygen atoms in total. The van der Waals surface area contributed by atoms with E-state index in [1.54, 1.807) is 18.8 Å². The molecule has 1 aliphatic heterocycles. The first kappa shape index (κ1) is 22.8. The molecule has 2 heterocycles. The highest BCUT2D eigenvalue weighted by molar-refractivity contribution is 7.07. The summed E-state index contributed by atoms with van der Waals surface area (Å²) in [6.07, 6.45) is 1.89. The molecule has 35 heavy (non-hydrogen) atoms. The molecule has 3 aromatic carbocycles. The Kier molecular flexibility index (Phi) is 5.86.